The van der Waals surface area contributed by atoms with Crippen molar-refractivity contribution in [1.82, 2.24) is 0 Å². The van der Waals surface area contributed by atoms with Crippen LogP contribution in [-0.2, 0) is 22.6 Å². The molecule has 0 aliphatic heterocycles. The van der Waals surface area contributed by atoms with Gasteiger partial charge in [0.1, 0.15) is 6.61 Å². The number of carbonyl (C=O) groups is 1. The molecule has 4 nitrogen and oxygen atoms in total. The van der Waals surface area contributed by atoms with Gasteiger partial charge in [0, 0.05) is 10.9 Å². The number of halogens is 1. The molecular weight excluding hydrogens is 394 g/mol. The number of hydrogen-bond donors (Lipinski definition) is 1. The quantitative estimate of drug-likeness (QED) is 0.265. The lowest BCUT2D eigenvalue weighted by Crippen LogP contribution is -2.18. The average Bonchev–Trinajstić information content (AvgIpc) is 2.69. The monoisotopic (exact) mass is 411 g/mol. The van der Waals surface area contributed by atoms with Gasteiger partial charge in [-0.2, -0.15) is 0 Å². The topological polar surface area (TPSA) is 58.9 Å². The summed E-state index contributed by atoms with van der Waals surface area (Å²) >= 11 is 3.63. The van der Waals surface area contributed by atoms with Crippen molar-refractivity contribution in [2.75, 3.05) is 0 Å². The van der Waals surface area contributed by atoms with Gasteiger partial charge >= 0.3 is 5.97 Å². The van der Waals surface area contributed by atoms with Gasteiger partial charge in [0.2, 0.25) is 0 Å². The zero-order chi connectivity index (χ0) is 18.4. The molecule has 26 heavy (non-hydrogen) atoms. The number of carbonyl (C=O) groups excluding carboxylic acids is 1. The van der Waals surface area contributed by atoms with Crippen molar-refractivity contribution in [1.29, 1.82) is 0 Å². The maximum Gasteiger partial charge on any atom is 0.356 e. The van der Waals surface area contributed by atoms with Crippen molar-refractivity contribution < 1.29 is 14.7 Å². The van der Waals surface area contributed by atoms with Gasteiger partial charge in [0.25, 0.3) is 0 Å². The third kappa shape index (κ3) is 4.29. The van der Waals surface area contributed by atoms with Crippen LogP contribution >= 0.6 is 15.9 Å². The number of rotatable bonds is 6. The molecule has 0 aliphatic carbocycles. The van der Waals surface area contributed by atoms with E-state index in [-0.39, 0.29) is 12.3 Å². The molecule has 0 amide bonds. The lowest BCUT2D eigenvalue weighted by atomic mass is 10.0. The highest BCUT2D eigenvalue weighted by Gasteiger charge is 2.15. The van der Waals surface area contributed by atoms with Gasteiger partial charge in [-0.15, -0.1) is 0 Å². The Morgan fingerprint density at radius 1 is 1.00 bits per heavy atom. The largest absolute Gasteiger partial charge is 0.456 e. The van der Waals surface area contributed by atoms with Crippen LogP contribution in [0.25, 0.3) is 10.8 Å². The molecular formula is C21H18BrNO3. The van der Waals surface area contributed by atoms with E-state index in [1.54, 1.807) is 0 Å². The molecule has 0 unspecified atom stereocenters. The number of esters is 1. The van der Waals surface area contributed by atoms with Gasteiger partial charge in [-0.05, 0) is 44.3 Å². The van der Waals surface area contributed by atoms with Gasteiger partial charge in [0.05, 0.1) is 0 Å². The van der Waals surface area contributed by atoms with E-state index < -0.39 is 5.97 Å². The Morgan fingerprint density at radius 3 is 2.50 bits per heavy atom. The molecule has 0 spiro atoms. The minimum absolute atomic E-state index is 0.0148. The van der Waals surface area contributed by atoms with E-state index in [1.165, 1.54) is 0 Å². The Bertz CT molecular complexity index is 938. The summed E-state index contributed by atoms with van der Waals surface area (Å²) in [5.74, 6) is -0.603. The molecule has 5 heteroatoms. The van der Waals surface area contributed by atoms with E-state index in [4.69, 9.17) is 4.74 Å². The third-order valence-corrected chi connectivity index (χ3v) is 5.08. The number of ether oxygens (including phenoxy) is 1. The number of oxime groups is 1. The summed E-state index contributed by atoms with van der Waals surface area (Å²) < 4.78 is 6.22. The maximum atomic E-state index is 12.1. The summed E-state index contributed by atoms with van der Waals surface area (Å²) in [6.45, 7) is 0.151. The second kappa shape index (κ2) is 8.63. The fourth-order valence-electron chi connectivity index (χ4n) is 2.72. The lowest BCUT2D eigenvalue weighted by Gasteiger charge is -2.09. The minimum atomic E-state index is -0.603. The number of hydrogen-bond acceptors (Lipinski definition) is 4. The molecule has 3 rings (SSSR count). The summed E-state index contributed by atoms with van der Waals surface area (Å²) in [7, 11) is 0. The number of nitrogens with zero attached hydrogens (tertiary/aromatic N) is 1. The van der Waals surface area contributed by atoms with Crippen LogP contribution in [0.1, 0.15) is 17.5 Å². The molecule has 0 bridgehead atoms. The van der Waals surface area contributed by atoms with Crippen LogP contribution in [0.5, 0.6) is 0 Å². The maximum absolute atomic E-state index is 12.1. The first-order valence-corrected chi connectivity index (χ1v) is 9.06. The van der Waals surface area contributed by atoms with Crippen molar-refractivity contribution in [2.24, 2.45) is 5.16 Å². The summed E-state index contributed by atoms with van der Waals surface area (Å²) in [6.07, 6.45) is 0.853. The molecule has 1 N–H and O–H groups in total. The molecule has 0 atom stereocenters. The zero-order valence-corrected chi connectivity index (χ0v) is 15.6. The first-order chi connectivity index (χ1) is 12.7. The van der Waals surface area contributed by atoms with Crippen LogP contribution in [0.3, 0.4) is 0 Å². The zero-order valence-electron chi connectivity index (χ0n) is 14.1. The van der Waals surface area contributed by atoms with Gasteiger partial charge in [-0.3, -0.25) is 0 Å². The number of benzene rings is 3. The van der Waals surface area contributed by atoms with Gasteiger partial charge in [0.15, 0.2) is 5.71 Å². The van der Waals surface area contributed by atoms with E-state index in [0.717, 1.165) is 26.4 Å². The average molecular weight is 412 g/mol. The van der Waals surface area contributed by atoms with Crippen molar-refractivity contribution >= 4 is 38.4 Å². The smallest absolute Gasteiger partial charge is 0.356 e. The number of fused-ring (bicyclic) bond motifs is 1. The molecule has 0 fully saturated rings. The highest BCUT2D eigenvalue weighted by Crippen LogP contribution is 2.28. The van der Waals surface area contributed by atoms with Gasteiger partial charge < -0.3 is 9.94 Å². The fourth-order valence-corrected chi connectivity index (χ4v) is 3.42. The highest BCUT2D eigenvalue weighted by molar-refractivity contribution is 9.10. The predicted molar refractivity (Wildman–Crippen MR) is 105 cm³/mol. The van der Waals surface area contributed by atoms with E-state index in [2.05, 4.69) is 21.1 Å². The van der Waals surface area contributed by atoms with E-state index in [0.29, 0.717) is 12.8 Å². The van der Waals surface area contributed by atoms with Crippen molar-refractivity contribution in [2.45, 2.75) is 19.4 Å². The highest BCUT2D eigenvalue weighted by atomic mass is 79.9. The van der Waals surface area contributed by atoms with Crippen LogP contribution in [-0.4, -0.2) is 16.9 Å². The van der Waals surface area contributed by atoms with Gasteiger partial charge in [-0.25, -0.2) is 4.79 Å². The summed E-state index contributed by atoms with van der Waals surface area (Å²) in [5.41, 5.74) is 1.94. The van der Waals surface area contributed by atoms with Crippen LogP contribution in [0, 0.1) is 0 Å². The Kier molecular flexibility index (Phi) is 6.02. The Morgan fingerprint density at radius 2 is 1.73 bits per heavy atom. The molecule has 0 heterocycles. The second-order valence-electron chi connectivity index (χ2n) is 5.87. The van der Waals surface area contributed by atoms with Crippen molar-refractivity contribution in [3.63, 3.8) is 0 Å². The third-order valence-electron chi connectivity index (χ3n) is 4.14. The van der Waals surface area contributed by atoms with Crippen LogP contribution in [0.15, 0.2) is 76.4 Å². The summed E-state index contributed by atoms with van der Waals surface area (Å²) in [4.78, 5) is 12.1. The normalized spacial score (nSPS) is 11.5. The summed E-state index contributed by atoms with van der Waals surface area (Å²) in [5, 5.41) is 14.6. The molecule has 0 aromatic heterocycles. The summed E-state index contributed by atoms with van der Waals surface area (Å²) in [6, 6.07) is 21.5. The first-order valence-electron chi connectivity index (χ1n) is 8.27. The molecule has 0 radical (unpaired) electrons. The Labute approximate surface area is 160 Å². The Balaban J connectivity index is 1.64. The van der Waals surface area contributed by atoms with Crippen molar-refractivity contribution in [3.05, 3.63) is 82.3 Å². The number of aryl methyl sites for hydroxylation is 1. The molecule has 132 valence electrons. The van der Waals surface area contributed by atoms with Crippen molar-refractivity contribution in [3.8, 4) is 0 Å². The van der Waals surface area contributed by atoms with E-state index in [9.17, 15) is 10.0 Å². The predicted octanol–water partition coefficient (Wildman–Crippen LogP) is 5.11. The standard InChI is InChI=1S/C21H18BrNO3/c22-20-17(11-10-16-8-4-5-9-18(16)20)12-13-19(23-25)21(24)26-14-15-6-2-1-3-7-15/h1-11,25H,12-14H2. The van der Waals surface area contributed by atoms with E-state index >= 15 is 0 Å². The van der Waals surface area contributed by atoms with E-state index in [1.807, 2.05) is 66.7 Å². The SMILES string of the molecule is O=C(OCc1ccccc1)C(CCc1ccc2ccccc2c1Br)=NO. The molecule has 0 saturated carbocycles. The van der Waals surface area contributed by atoms with Crippen LogP contribution < -0.4 is 0 Å². The molecule has 0 saturated heterocycles. The van der Waals surface area contributed by atoms with Crippen LogP contribution in [0.4, 0.5) is 0 Å². The molecule has 3 aromatic carbocycles. The van der Waals surface area contributed by atoms with Gasteiger partial charge in [-0.1, -0.05) is 71.9 Å². The minimum Gasteiger partial charge on any atom is -0.456 e. The molecule has 0 aliphatic rings. The Hall–Kier alpha value is -2.66. The molecule has 3 aromatic rings. The van der Waals surface area contributed by atoms with Crippen LogP contribution in [0.2, 0.25) is 0 Å². The fraction of sp³-hybridized carbons (Fsp3) is 0.143. The first kappa shape index (κ1) is 18.1. The second-order valence-corrected chi connectivity index (χ2v) is 6.66. The lowest BCUT2D eigenvalue weighted by molar-refractivity contribution is -0.137.